The fraction of sp³-hybridized carbons (Fsp3) is 0. The van der Waals surface area contributed by atoms with Crippen LogP contribution in [0, 0.1) is 11.3 Å². The van der Waals surface area contributed by atoms with Gasteiger partial charge >= 0.3 is 0 Å². The third-order valence-corrected chi connectivity index (χ3v) is 7.19. The average Bonchev–Trinajstić information content (AvgIpc) is 3.52. The lowest BCUT2D eigenvalue weighted by atomic mass is 10.1. The minimum Gasteiger partial charge on any atom is -0.351 e. The van der Waals surface area contributed by atoms with Crippen LogP contribution < -0.4 is 0 Å². The van der Waals surface area contributed by atoms with E-state index in [9.17, 15) is 8.42 Å². The lowest BCUT2D eigenvalue weighted by Crippen LogP contribution is -2.11. The predicted molar refractivity (Wildman–Crippen MR) is 121 cm³/mol. The van der Waals surface area contributed by atoms with Gasteiger partial charge in [0.25, 0.3) is 10.0 Å². The van der Waals surface area contributed by atoms with Crippen LogP contribution >= 0.6 is 15.9 Å². The molecule has 0 amide bonds. The second-order valence-corrected chi connectivity index (χ2v) is 9.57. The van der Waals surface area contributed by atoms with E-state index >= 15 is 0 Å². The van der Waals surface area contributed by atoms with Crippen molar-refractivity contribution in [2.24, 2.45) is 0 Å². The molecule has 0 aliphatic carbocycles. The molecule has 2 aromatic carbocycles. The van der Waals surface area contributed by atoms with E-state index in [1.165, 1.54) is 16.4 Å². The molecular formula is C22H14BrN5O2S. The van der Waals surface area contributed by atoms with Crippen LogP contribution in [0.2, 0.25) is 0 Å². The van der Waals surface area contributed by atoms with Gasteiger partial charge in [-0.2, -0.15) is 5.26 Å². The lowest BCUT2D eigenvalue weighted by Gasteiger charge is -2.07. The molecule has 0 fully saturated rings. The van der Waals surface area contributed by atoms with Gasteiger partial charge in [0.1, 0.15) is 10.6 Å². The topological polar surface area (TPSA) is 107 Å². The highest BCUT2D eigenvalue weighted by Crippen LogP contribution is 2.36. The van der Waals surface area contributed by atoms with Gasteiger partial charge in [-0.05, 0) is 48.0 Å². The second kappa shape index (κ2) is 7.27. The van der Waals surface area contributed by atoms with Gasteiger partial charge in [-0.3, -0.25) is 0 Å². The molecule has 0 aliphatic rings. The first kappa shape index (κ1) is 19.4. The number of benzene rings is 2. The third-order valence-electron chi connectivity index (χ3n) is 4.96. The molecule has 0 saturated carbocycles. The van der Waals surface area contributed by atoms with Crippen molar-refractivity contribution in [1.82, 2.24) is 18.9 Å². The van der Waals surface area contributed by atoms with Gasteiger partial charge in [-0.1, -0.05) is 28.1 Å². The first-order valence-electron chi connectivity index (χ1n) is 9.23. The van der Waals surface area contributed by atoms with Crippen molar-refractivity contribution in [1.29, 1.82) is 5.26 Å². The number of halogens is 1. The van der Waals surface area contributed by atoms with Gasteiger partial charge in [0.15, 0.2) is 5.82 Å². The Morgan fingerprint density at radius 2 is 1.77 bits per heavy atom. The van der Waals surface area contributed by atoms with Crippen LogP contribution in [0.4, 0.5) is 0 Å². The Morgan fingerprint density at radius 1 is 1.03 bits per heavy atom. The Kier molecular flexibility index (Phi) is 4.54. The molecule has 31 heavy (non-hydrogen) atoms. The minimum absolute atomic E-state index is 0.140. The number of aromatic amines is 2. The highest BCUT2D eigenvalue weighted by Gasteiger charge is 2.28. The fourth-order valence-electron chi connectivity index (χ4n) is 3.48. The number of hydrogen-bond acceptors (Lipinski definition) is 4. The summed E-state index contributed by atoms with van der Waals surface area (Å²) >= 11 is 3.43. The van der Waals surface area contributed by atoms with Crippen LogP contribution in [0.3, 0.4) is 0 Å². The summed E-state index contributed by atoms with van der Waals surface area (Å²) in [6.45, 7) is 0. The van der Waals surface area contributed by atoms with Gasteiger partial charge in [0.2, 0.25) is 0 Å². The molecule has 0 aliphatic heterocycles. The Morgan fingerprint density at radius 3 is 2.48 bits per heavy atom. The molecule has 0 radical (unpaired) electrons. The number of nitriles is 1. The number of hydrogen-bond donors (Lipinski definition) is 2. The van der Waals surface area contributed by atoms with Crippen LogP contribution in [0.5, 0.6) is 0 Å². The summed E-state index contributed by atoms with van der Waals surface area (Å²) in [5.74, 6) is 0.400. The number of H-pyrrole nitrogens is 2. The largest absolute Gasteiger partial charge is 0.351 e. The number of nitrogens with one attached hydrogen (secondary N) is 2. The van der Waals surface area contributed by atoms with Crippen molar-refractivity contribution in [2.45, 2.75) is 4.90 Å². The van der Waals surface area contributed by atoms with E-state index in [1.54, 1.807) is 36.5 Å². The lowest BCUT2D eigenvalue weighted by molar-refractivity contribution is 0.588. The highest BCUT2D eigenvalue weighted by atomic mass is 79.9. The van der Waals surface area contributed by atoms with Gasteiger partial charge in [0.05, 0.1) is 23.5 Å². The Labute approximate surface area is 186 Å². The molecule has 5 aromatic rings. The van der Waals surface area contributed by atoms with E-state index < -0.39 is 10.0 Å². The number of aromatic nitrogens is 4. The summed E-state index contributed by atoms with van der Waals surface area (Å²) in [6.07, 6.45) is 4.64. The Bertz CT molecular complexity index is 1560. The minimum atomic E-state index is -3.87. The smallest absolute Gasteiger partial charge is 0.270 e. The van der Waals surface area contributed by atoms with Gasteiger partial charge < -0.3 is 9.97 Å². The molecule has 2 N–H and O–H groups in total. The molecular weight excluding hydrogens is 478 g/mol. The van der Waals surface area contributed by atoms with Crippen molar-refractivity contribution in [3.8, 4) is 28.8 Å². The van der Waals surface area contributed by atoms with E-state index in [2.05, 4.69) is 37.0 Å². The molecule has 3 aromatic heterocycles. The van der Waals surface area contributed by atoms with E-state index in [-0.39, 0.29) is 4.90 Å². The molecule has 152 valence electrons. The summed E-state index contributed by atoms with van der Waals surface area (Å²) < 4.78 is 28.9. The third kappa shape index (κ3) is 3.26. The quantitative estimate of drug-likeness (QED) is 0.372. The van der Waals surface area contributed by atoms with E-state index in [4.69, 9.17) is 5.26 Å². The summed E-state index contributed by atoms with van der Waals surface area (Å²) in [6, 6.07) is 17.9. The Hall–Kier alpha value is -3.61. The zero-order valence-corrected chi connectivity index (χ0v) is 18.3. The molecule has 0 unspecified atom stereocenters. The van der Waals surface area contributed by atoms with Crippen LogP contribution in [0.25, 0.3) is 33.7 Å². The number of nitrogens with zero attached hydrogens (tertiary/aromatic N) is 3. The molecule has 0 saturated heterocycles. The molecule has 0 atom stereocenters. The normalized spacial score (nSPS) is 11.6. The maximum Gasteiger partial charge on any atom is 0.270 e. The average molecular weight is 492 g/mol. The molecule has 0 bridgehead atoms. The van der Waals surface area contributed by atoms with Gasteiger partial charge in [-0.15, -0.1) is 0 Å². The molecule has 5 rings (SSSR count). The monoisotopic (exact) mass is 491 g/mol. The van der Waals surface area contributed by atoms with E-state index in [0.29, 0.717) is 33.7 Å². The first-order valence-corrected chi connectivity index (χ1v) is 11.5. The predicted octanol–water partition coefficient (Wildman–Crippen LogP) is 4.90. The molecule has 0 spiro atoms. The van der Waals surface area contributed by atoms with E-state index in [0.717, 1.165) is 10.0 Å². The molecule has 3 heterocycles. The first-order chi connectivity index (χ1) is 15.0. The summed E-state index contributed by atoms with van der Waals surface area (Å²) in [7, 11) is -3.87. The van der Waals surface area contributed by atoms with Crippen LogP contribution in [0.1, 0.15) is 5.56 Å². The SMILES string of the molecule is N#Cc1ccc(-c2cnc(-c3[nH]c4ccc(Br)cc4c3S(=O)(=O)n3cccc3)[nH]2)cc1. The molecule has 9 heteroatoms. The maximum atomic E-state index is 13.5. The summed E-state index contributed by atoms with van der Waals surface area (Å²) in [5.41, 5.74) is 3.17. The van der Waals surface area contributed by atoms with E-state index in [1.807, 2.05) is 24.3 Å². The van der Waals surface area contributed by atoms with Crippen molar-refractivity contribution in [3.05, 3.63) is 83.2 Å². The van der Waals surface area contributed by atoms with Crippen molar-refractivity contribution < 1.29 is 8.42 Å². The van der Waals surface area contributed by atoms with Gasteiger partial charge in [-0.25, -0.2) is 17.4 Å². The second-order valence-electron chi connectivity index (χ2n) is 6.87. The van der Waals surface area contributed by atoms with Crippen LogP contribution in [-0.4, -0.2) is 27.3 Å². The fourth-order valence-corrected chi connectivity index (χ4v) is 5.36. The van der Waals surface area contributed by atoms with Crippen molar-refractivity contribution >= 4 is 36.9 Å². The molecule has 7 nitrogen and oxygen atoms in total. The number of imidazole rings is 1. The standard InChI is InChI=1S/C22H14BrN5O2S/c23-16-7-8-18-17(11-16)21(31(29,30)28-9-1-2-10-28)20(26-18)22-25-13-19(27-22)15-5-3-14(12-24)4-6-15/h1-11,13,26H,(H,25,27). The van der Waals surface area contributed by atoms with Crippen LogP contribution in [-0.2, 0) is 10.0 Å². The van der Waals surface area contributed by atoms with Gasteiger partial charge in [0, 0.05) is 27.8 Å². The highest BCUT2D eigenvalue weighted by molar-refractivity contribution is 9.10. The zero-order valence-electron chi connectivity index (χ0n) is 15.9. The van der Waals surface area contributed by atoms with Crippen LogP contribution in [0.15, 0.2) is 82.6 Å². The summed E-state index contributed by atoms with van der Waals surface area (Å²) in [4.78, 5) is 11.0. The summed E-state index contributed by atoms with van der Waals surface area (Å²) in [5, 5.41) is 9.55. The zero-order chi connectivity index (χ0) is 21.6. The Balaban J connectivity index is 1.71. The van der Waals surface area contributed by atoms with Crippen molar-refractivity contribution in [3.63, 3.8) is 0 Å². The van der Waals surface area contributed by atoms with Crippen molar-refractivity contribution in [2.75, 3.05) is 0 Å². The number of fused-ring (bicyclic) bond motifs is 1. The number of rotatable bonds is 4. The maximum absolute atomic E-state index is 13.5.